The van der Waals surface area contributed by atoms with Crippen molar-refractivity contribution >= 4 is 40.0 Å². The normalized spacial score (nSPS) is 10.7. The fourth-order valence-corrected chi connectivity index (χ4v) is 3.65. The average molecular weight is 448 g/mol. The number of nitrogens with one attached hydrogen (secondary N) is 2. The third-order valence-corrected chi connectivity index (χ3v) is 5.09. The largest absolute Gasteiger partial charge is 0.507 e. The highest BCUT2D eigenvalue weighted by atomic mass is 32.1. The molecule has 8 heteroatoms. The molecule has 32 heavy (non-hydrogen) atoms. The Morgan fingerprint density at radius 3 is 2.69 bits per heavy atom. The highest BCUT2D eigenvalue weighted by Gasteiger charge is 2.16. The number of carbonyl (C=O) groups is 1. The fraction of sp³-hybridized carbons (Fsp3) is 0.125. The van der Waals surface area contributed by atoms with E-state index in [1.165, 1.54) is 13.2 Å². The zero-order valence-electron chi connectivity index (χ0n) is 17.7. The minimum absolute atomic E-state index is 0.0143. The molecule has 0 spiro atoms. The molecule has 1 aromatic heterocycles. The molecule has 1 heterocycles. The Morgan fingerprint density at radius 2 is 1.91 bits per heavy atom. The molecule has 162 valence electrons. The van der Waals surface area contributed by atoms with Crippen LogP contribution in [-0.2, 0) is 0 Å². The van der Waals surface area contributed by atoms with Crippen molar-refractivity contribution in [1.29, 1.82) is 0 Å². The van der Waals surface area contributed by atoms with E-state index >= 15 is 0 Å². The Morgan fingerprint density at radius 1 is 1.12 bits per heavy atom. The number of rotatable bonds is 4. The standard InChI is InChI=1S/C24H21N3O4S/c1-13-10-14(2)21-18(11-13)26-23(31-21)17-12-15(8-9-19(17)28)25-24(32)27-22(29)16-6-4-5-7-20(16)30-3/h4-12,28H,1-3H3,(H2,25,27,29,32). The molecule has 3 N–H and O–H groups in total. The summed E-state index contributed by atoms with van der Waals surface area (Å²) in [6.07, 6.45) is 0. The Hall–Kier alpha value is -3.91. The number of amides is 1. The van der Waals surface area contributed by atoms with Gasteiger partial charge in [0.1, 0.15) is 17.0 Å². The second kappa shape index (κ2) is 8.68. The van der Waals surface area contributed by atoms with Crippen LogP contribution < -0.4 is 15.4 Å². The molecular weight excluding hydrogens is 426 g/mol. The molecular formula is C24H21N3O4S. The van der Waals surface area contributed by atoms with Crippen LogP contribution in [0.15, 0.2) is 59.0 Å². The predicted octanol–water partition coefficient (Wildman–Crippen LogP) is 4.95. The predicted molar refractivity (Wildman–Crippen MR) is 127 cm³/mol. The molecule has 0 aliphatic heterocycles. The molecule has 3 aromatic carbocycles. The van der Waals surface area contributed by atoms with Crippen LogP contribution in [0, 0.1) is 13.8 Å². The van der Waals surface area contributed by atoms with Gasteiger partial charge in [-0.3, -0.25) is 10.1 Å². The smallest absolute Gasteiger partial charge is 0.261 e. The highest BCUT2D eigenvalue weighted by molar-refractivity contribution is 7.80. The first-order valence-electron chi connectivity index (χ1n) is 9.82. The van der Waals surface area contributed by atoms with Gasteiger partial charge in [0, 0.05) is 5.69 Å². The molecule has 0 saturated heterocycles. The van der Waals surface area contributed by atoms with Gasteiger partial charge in [-0.25, -0.2) is 4.98 Å². The van der Waals surface area contributed by atoms with E-state index in [1.54, 1.807) is 36.4 Å². The van der Waals surface area contributed by atoms with E-state index in [1.807, 2.05) is 26.0 Å². The van der Waals surface area contributed by atoms with E-state index in [9.17, 15) is 9.90 Å². The number of hydrogen-bond acceptors (Lipinski definition) is 6. The fourth-order valence-electron chi connectivity index (χ4n) is 3.44. The van der Waals surface area contributed by atoms with Crippen LogP contribution in [0.3, 0.4) is 0 Å². The molecule has 4 rings (SSSR count). The van der Waals surface area contributed by atoms with E-state index in [0.717, 1.165) is 16.6 Å². The van der Waals surface area contributed by atoms with Crippen LogP contribution in [0.25, 0.3) is 22.6 Å². The lowest BCUT2D eigenvalue weighted by Crippen LogP contribution is -2.34. The summed E-state index contributed by atoms with van der Waals surface area (Å²) in [5.74, 6) is 0.351. The number of hydrogen-bond donors (Lipinski definition) is 3. The van der Waals surface area contributed by atoms with Crippen molar-refractivity contribution in [3.63, 3.8) is 0 Å². The minimum Gasteiger partial charge on any atom is -0.507 e. The Bertz CT molecular complexity index is 1350. The Balaban J connectivity index is 1.56. The molecule has 0 saturated carbocycles. The van der Waals surface area contributed by atoms with Crippen molar-refractivity contribution in [2.45, 2.75) is 13.8 Å². The zero-order chi connectivity index (χ0) is 22.8. The number of nitrogens with zero attached hydrogens (tertiary/aromatic N) is 1. The number of carbonyl (C=O) groups excluding carboxylic acids is 1. The van der Waals surface area contributed by atoms with Gasteiger partial charge in [-0.1, -0.05) is 18.2 Å². The van der Waals surface area contributed by atoms with Gasteiger partial charge >= 0.3 is 0 Å². The summed E-state index contributed by atoms with van der Waals surface area (Å²) in [7, 11) is 1.50. The number of thiocarbonyl (C=S) groups is 1. The van der Waals surface area contributed by atoms with Crippen LogP contribution in [-0.4, -0.2) is 28.2 Å². The summed E-state index contributed by atoms with van der Waals surface area (Å²) >= 11 is 5.28. The van der Waals surface area contributed by atoms with Gasteiger partial charge in [0.2, 0.25) is 5.89 Å². The van der Waals surface area contributed by atoms with E-state index in [4.69, 9.17) is 21.4 Å². The maximum Gasteiger partial charge on any atom is 0.261 e. The van der Waals surface area contributed by atoms with Gasteiger partial charge in [-0.15, -0.1) is 0 Å². The molecule has 0 atom stereocenters. The van der Waals surface area contributed by atoms with Crippen molar-refractivity contribution in [3.8, 4) is 23.0 Å². The number of para-hydroxylation sites is 1. The maximum absolute atomic E-state index is 12.5. The molecule has 0 unspecified atom stereocenters. The van der Waals surface area contributed by atoms with Crippen molar-refractivity contribution in [3.05, 3.63) is 71.3 Å². The molecule has 7 nitrogen and oxygen atoms in total. The van der Waals surface area contributed by atoms with Crippen LogP contribution in [0.2, 0.25) is 0 Å². The maximum atomic E-state index is 12.5. The molecule has 1 amide bonds. The number of aromatic nitrogens is 1. The van der Waals surface area contributed by atoms with Crippen molar-refractivity contribution in [2.24, 2.45) is 0 Å². The van der Waals surface area contributed by atoms with Crippen LogP contribution >= 0.6 is 12.2 Å². The number of anilines is 1. The lowest BCUT2D eigenvalue weighted by molar-refractivity contribution is 0.0974. The van der Waals surface area contributed by atoms with Gasteiger partial charge in [0.05, 0.1) is 18.2 Å². The van der Waals surface area contributed by atoms with Crippen molar-refractivity contribution < 1.29 is 19.1 Å². The first-order valence-corrected chi connectivity index (χ1v) is 10.2. The van der Waals surface area contributed by atoms with E-state index in [2.05, 4.69) is 15.6 Å². The summed E-state index contributed by atoms with van der Waals surface area (Å²) in [6.45, 7) is 3.94. The zero-order valence-corrected chi connectivity index (χ0v) is 18.5. The molecule has 0 radical (unpaired) electrons. The summed E-state index contributed by atoms with van der Waals surface area (Å²) in [5.41, 5.74) is 4.75. The number of fused-ring (bicyclic) bond motifs is 1. The van der Waals surface area contributed by atoms with Crippen LogP contribution in [0.5, 0.6) is 11.5 Å². The van der Waals surface area contributed by atoms with Crippen LogP contribution in [0.1, 0.15) is 21.5 Å². The molecule has 0 aliphatic rings. The molecule has 0 fully saturated rings. The van der Waals surface area contributed by atoms with Crippen molar-refractivity contribution in [1.82, 2.24) is 10.3 Å². The number of methoxy groups -OCH3 is 1. The third-order valence-electron chi connectivity index (χ3n) is 4.88. The minimum atomic E-state index is -0.399. The lowest BCUT2D eigenvalue weighted by Gasteiger charge is -2.12. The van der Waals surface area contributed by atoms with E-state index in [-0.39, 0.29) is 10.9 Å². The second-order valence-electron chi connectivity index (χ2n) is 7.29. The first-order chi connectivity index (χ1) is 15.4. The second-order valence-corrected chi connectivity index (χ2v) is 7.70. The number of phenols is 1. The summed E-state index contributed by atoms with van der Waals surface area (Å²) in [5, 5.41) is 16.1. The molecule has 4 aromatic rings. The topological polar surface area (TPSA) is 96.6 Å². The Kier molecular flexibility index (Phi) is 5.79. The highest BCUT2D eigenvalue weighted by Crippen LogP contribution is 2.34. The number of aryl methyl sites for hydroxylation is 2. The number of phenolic OH excluding ortho intramolecular Hbond substituents is 1. The summed E-state index contributed by atoms with van der Waals surface area (Å²) in [4.78, 5) is 17.1. The third kappa shape index (κ3) is 4.26. The monoisotopic (exact) mass is 447 g/mol. The van der Waals surface area contributed by atoms with Gasteiger partial charge in [0.25, 0.3) is 5.91 Å². The van der Waals surface area contributed by atoms with Gasteiger partial charge in [0.15, 0.2) is 10.7 Å². The number of aromatic hydroxyl groups is 1. The SMILES string of the molecule is COc1ccccc1C(=O)NC(=S)Nc1ccc(O)c(-c2nc3cc(C)cc(C)c3o2)c1. The van der Waals surface area contributed by atoms with Crippen LogP contribution in [0.4, 0.5) is 5.69 Å². The lowest BCUT2D eigenvalue weighted by atomic mass is 10.1. The summed E-state index contributed by atoms with van der Waals surface area (Å²) in [6, 6.07) is 15.6. The quantitative estimate of drug-likeness (QED) is 0.301. The van der Waals surface area contributed by atoms with Gasteiger partial charge < -0.3 is 19.6 Å². The number of ether oxygens (including phenoxy) is 1. The van der Waals surface area contributed by atoms with Gasteiger partial charge in [-0.2, -0.15) is 0 Å². The summed E-state index contributed by atoms with van der Waals surface area (Å²) < 4.78 is 11.1. The molecule has 0 bridgehead atoms. The van der Waals surface area contributed by atoms with Crippen molar-refractivity contribution in [2.75, 3.05) is 12.4 Å². The number of oxazole rings is 1. The number of benzene rings is 3. The van der Waals surface area contributed by atoms with Gasteiger partial charge in [-0.05, 0) is 73.6 Å². The average Bonchev–Trinajstić information content (AvgIpc) is 3.19. The Labute approximate surface area is 190 Å². The van der Waals surface area contributed by atoms with E-state index < -0.39 is 5.91 Å². The van der Waals surface area contributed by atoms with E-state index in [0.29, 0.717) is 34.0 Å². The first kappa shape index (κ1) is 21.3. The molecule has 0 aliphatic carbocycles.